The molecule has 0 aromatic heterocycles. The molecule has 2 aliphatic rings. The summed E-state index contributed by atoms with van der Waals surface area (Å²) in [5.41, 5.74) is 23.4. The first-order valence-corrected chi connectivity index (χ1v) is 19.6. The van der Waals surface area contributed by atoms with Crippen LogP contribution in [0.15, 0.2) is 218 Å². The van der Waals surface area contributed by atoms with E-state index in [1.807, 2.05) is 0 Å². The van der Waals surface area contributed by atoms with E-state index >= 15 is 0 Å². The van der Waals surface area contributed by atoms with E-state index in [9.17, 15) is 0 Å². The van der Waals surface area contributed by atoms with Crippen LogP contribution in [0.25, 0.3) is 66.8 Å². The Morgan fingerprint density at radius 1 is 0.196 bits per heavy atom. The maximum absolute atomic E-state index is 2.55. The van der Waals surface area contributed by atoms with Gasteiger partial charge < -0.3 is 0 Å². The highest BCUT2D eigenvalue weighted by Crippen LogP contribution is 2.55. The fourth-order valence-corrected chi connectivity index (χ4v) is 9.41. The summed E-state index contributed by atoms with van der Waals surface area (Å²) in [6.07, 6.45) is 0. The zero-order chi connectivity index (χ0) is 37.0. The average molecular weight is 711 g/mol. The van der Waals surface area contributed by atoms with E-state index in [0.29, 0.717) is 0 Å². The van der Waals surface area contributed by atoms with Crippen molar-refractivity contribution in [2.45, 2.75) is 11.8 Å². The molecule has 0 saturated carbocycles. The summed E-state index contributed by atoms with van der Waals surface area (Å²) in [6, 6.07) is 80.9. The van der Waals surface area contributed by atoms with Gasteiger partial charge in [0.15, 0.2) is 0 Å². The number of rotatable bonds is 6. The molecule has 0 heterocycles. The van der Waals surface area contributed by atoms with E-state index in [1.54, 1.807) is 0 Å². The highest BCUT2D eigenvalue weighted by molar-refractivity contribution is 5.90. The van der Waals surface area contributed by atoms with Gasteiger partial charge in [-0.1, -0.05) is 194 Å². The molecule has 11 rings (SSSR count). The van der Waals surface area contributed by atoms with Crippen LogP contribution in [0.5, 0.6) is 0 Å². The first-order valence-electron chi connectivity index (χ1n) is 19.6. The molecule has 0 aliphatic heterocycles. The SMILES string of the molecule is c1ccc(-c2ccc(-c3cc(-c4ccccc4)cc(-c4cccc(C5c6ccccc6-c6cc7c(cc65)C(c5ccccc5)c5ccccc5-7)c4)c3)cc2)cc1. The Hall–Kier alpha value is -7.02. The van der Waals surface area contributed by atoms with Gasteiger partial charge >= 0.3 is 0 Å². The average Bonchev–Trinajstić information content (AvgIpc) is 3.78. The second-order valence-electron chi connectivity index (χ2n) is 15.2. The second kappa shape index (κ2) is 13.4. The molecular formula is C56H38. The Balaban J connectivity index is 1.04. The maximum atomic E-state index is 2.55. The molecule has 9 aromatic rings. The summed E-state index contributed by atoms with van der Waals surface area (Å²) in [6.45, 7) is 0. The van der Waals surface area contributed by atoms with Crippen molar-refractivity contribution in [1.82, 2.24) is 0 Å². The summed E-state index contributed by atoms with van der Waals surface area (Å²) in [7, 11) is 0. The summed E-state index contributed by atoms with van der Waals surface area (Å²) in [5.74, 6) is 0.346. The van der Waals surface area contributed by atoms with Crippen LogP contribution in [0.1, 0.15) is 45.2 Å². The van der Waals surface area contributed by atoms with Gasteiger partial charge in [0.25, 0.3) is 0 Å². The minimum Gasteiger partial charge on any atom is -0.0622 e. The second-order valence-corrected chi connectivity index (χ2v) is 15.2. The molecule has 56 heavy (non-hydrogen) atoms. The highest BCUT2D eigenvalue weighted by atomic mass is 14.4. The van der Waals surface area contributed by atoms with Crippen LogP contribution in [0.3, 0.4) is 0 Å². The lowest BCUT2D eigenvalue weighted by atomic mass is 9.84. The molecule has 2 aliphatic carbocycles. The third kappa shape index (κ3) is 5.45. The zero-order valence-corrected chi connectivity index (χ0v) is 30.9. The minimum absolute atomic E-state index is 0.133. The quantitative estimate of drug-likeness (QED) is 0.161. The highest BCUT2D eigenvalue weighted by Gasteiger charge is 2.36. The predicted octanol–water partition coefficient (Wildman–Crippen LogP) is 14.7. The van der Waals surface area contributed by atoms with Crippen LogP contribution >= 0.6 is 0 Å². The van der Waals surface area contributed by atoms with Crippen molar-refractivity contribution in [3.05, 3.63) is 252 Å². The van der Waals surface area contributed by atoms with Crippen LogP contribution < -0.4 is 0 Å². The first kappa shape index (κ1) is 32.4. The van der Waals surface area contributed by atoms with Crippen LogP contribution in [-0.2, 0) is 0 Å². The van der Waals surface area contributed by atoms with Crippen LogP contribution in [0.2, 0.25) is 0 Å². The first-order chi connectivity index (χ1) is 27.8. The van der Waals surface area contributed by atoms with Crippen molar-refractivity contribution >= 4 is 0 Å². The molecule has 0 heteroatoms. The van der Waals surface area contributed by atoms with E-state index in [2.05, 4.69) is 218 Å². The summed E-state index contributed by atoms with van der Waals surface area (Å²) < 4.78 is 0. The Bertz CT molecular complexity index is 2880. The summed E-state index contributed by atoms with van der Waals surface area (Å²) in [5, 5.41) is 0. The van der Waals surface area contributed by atoms with Crippen LogP contribution in [-0.4, -0.2) is 0 Å². The van der Waals surface area contributed by atoms with Crippen molar-refractivity contribution in [1.29, 1.82) is 0 Å². The molecule has 9 aromatic carbocycles. The number of hydrogen-bond donors (Lipinski definition) is 0. The molecule has 0 saturated heterocycles. The van der Waals surface area contributed by atoms with Crippen molar-refractivity contribution in [3.8, 4) is 66.8 Å². The molecule has 262 valence electrons. The van der Waals surface area contributed by atoms with Gasteiger partial charge in [0.2, 0.25) is 0 Å². The summed E-state index contributed by atoms with van der Waals surface area (Å²) >= 11 is 0. The van der Waals surface area contributed by atoms with E-state index in [-0.39, 0.29) is 11.8 Å². The lowest BCUT2D eigenvalue weighted by Gasteiger charge is -2.19. The largest absolute Gasteiger partial charge is 0.0622 e. The van der Waals surface area contributed by atoms with E-state index < -0.39 is 0 Å². The molecule has 2 unspecified atom stereocenters. The van der Waals surface area contributed by atoms with Gasteiger partial charge in [-0.3, -0.25) is 0 Å². The number of fused-ring (bicyclic) bond motifs is 6. The topological polar surface area (TPSA) is 0 Å². The lowest BCUT2D eigenvalue weighted by molar-refractivity contribution is 0.982. The lowest BCUT2D eigenvalue weighted by Crippen LogP contribution is -2.03. The standard InChI is InChI=1S/C56H38/c1-4-15-37(16-5-1)39-27-29-40(30-28-39)45-32-44(38-17-6-2-7-18-38)33-46(34-45)42-21-14-22-43(31-42)56-50-26-13-11-24-48(50)52-35-51-47-23-10-12-25-49(47)55(53(51)36-54(52)56)41-19-8-3-9-20-41/h1-36,55-56H. The zero-order valence-electron chi connectivity index (χ0n) is 30.9. The molecule has 2 atom stereocenters. The van der Waals surface area contributed by atoms with Gasteiger partial charge in [0, 0.05) is 11.8 Å². The molecule has 0 nitrogen and oxygen atoms in total. The smallest absolute Gasteiger partial charge is 0.0352 e. The predicted molar refractivity (Wildman–Crippen MR) is 234 cm³/mol. The molecule has 0 spiro atoms. The van der Waals surface area contributed by atoms with Gasteiger partial charge in [-0.2, -0.15) is 0 Å². The van der Waals surface area contributed by atoms with Crippen LogP contribution in [0, 0.1) is 0 Å². The Kier molecular flexibility index (Phi) is 7.74. The number of benzene rings is 9. The van der Waals surface area contributed by atoms with Crippen molar-refractivity contribution < 1.29 is 0 Å². The molecular weight excluding hydrogens is 673 g/mol. The van der Waals surface area contributed by atoms with Gasteiger partial charge in [0.05, 0.1) is 0 Å². The van der Waals surface area contributed by atoms with E-state index in [1.165, 1.54) is 100 Å². The minimum atomic E-state index is 0.133. The van der Waals surface area contributed by atoms with E-state index in [4.69, 9.17) is 0 Å². The van der Waals surface area contributed by atoms with Crippen molar-refractivity contribution in [2.24, 2.45) is 0 Å². The summed E-state index contributed by atoms with van der Waals surface area (Å²) in [4.78, 5) is 0. The maximum Gasteiger partial charge on any atom is 0.0352 e. The third-order valence-corrected chi connectivity index (χ3v) is 12.0. The Labute approximate surface area is 329 Å². The van der Waals surface area contributed by atoms with Gasteiger partial charge in [-0.05, 0) is 124 Å². The molecule has 0 fully saturated rings. The van der Waals surface area contributed by atoms with Gasteiger partial charge in [-0.25, -0.2) is 0 Å². The van der Waals surface area contributed by atoms with Crippen molar-refractivity contribution in [3.63, 3.8) is 0 Å². The molecule has 0 radical (unpaired) electrons. The fourth-order valence-electron chi connectivity index (χ4n) is 9.41. The van der Waals surface area contributed by atoms with Gasteiger partial charge in [0.1, 0.15) is 0 Å². The molecule has 0 N–H and O–H groups in total. The van der Waals surface area contributed by atoms with Gasteiger partial charge in [-0.15, -0.1) is 0 Å². The van der Waals surface area contributed by atoms with E-state index in [0.717, 1.165) is 0 Å². The molecule has 0 amide bonds. The third-order valence-electron chi connectivity index (χ3n) is 12.0. The van der Waals surface area contributed by atoms with Crippen molar-refractivity contribution in [2.75, 3.05) is 0 Å². The fraction of sp³-hybridized carbons (Fsp3) is 0.0357. The monoisotopic (exact) mass is 710 g/mol. The van der Waals surface area contributed by atoms with Crippen LogP contribution in [0.4, 0.5) is 0 Å². The molecule has 0 bridgehead atoms. The number of hydrogen-bond acceptors (Lipinski definition) is 0. The normalized spacial score (nSPS) is 14.8. The Morgan fingerprint density at radius 3 is 1.16 bits per heavy atom. The Morgan fingerprint density at radius 2 is 0.589 bits per heavy atom.